The molecule has 0 aliphatic heterocycles. The van der Waals surface area contributed by atoms with E-state index in [1.807, 2.05) is 20.8 Å². The molecular weight excluding hydrogens is 508 g/mol. The molecule has 8 aliphatic carbocycles. The SMILES string of the molecule is CCC(C)(C)C1C2CC(C3C4CC(C(C(=O)OC56CC7CC(CC(C7)C5)C6)C4C(=O)OC(C)(C)C)C23)C1C(C)(C)C. The molecule has 4 heteroatoms. The second-order valence-electron chi connectivity index (χ2n) is 19.1. The fourth-order valence-corrected chi connectivity index (χ4v) is 13.6. The van der Waals surface area contributed by atoms with Crippen molar-refractivity contribution < 1.29 is 19.1 Å². The van der Waals surface area contributed by atoms with Gasteiger partial charge in [-0.1, -0.05) is 48.0 Å². The smallest absolute Gasteiger partial charge is 0.310 e. The van der Waals surface area contributed by atoms with Gasteiger partial charge in [-0.2, -0.15) is 0 Å². The van der Waals surface area contributed by atoms with E-state index >= 15 is 0 Å². The van der Waals surface area contributed by atoms with Gasteiger partial charge in [-0.05, 0) is 148 Å². The molecule has 0 saturated heterocycles. The Morgan fingerprint density at radius 3 is 1.59 bits per heavy atom. The molecule has 0 heterocycles. The lowest BCUT2D eigenvalue weighted by Gasteiger charge is -2.56. The molecule has 0 radical (unpaired) electrons. The minimum absolute atomic E-state index is 0.0322. The maximum atomic E-state index is 14.5. The highest BCUT2D eigenvalue weighted by atomic mass is 16.6. The molecule has 8 bridgehead atoms. The predicted molar refractivity (Wildman–Crippen MR) is 161 cm³/mol. The van der Waals surface area contributed by atoms with Crippen LogP contribution in [0.1, 0.15) is 120 Å². The number of hydrogen-bond donors (Lipinski definition) is 0. The van der Waals surface area contributed by atoms with Gasteiger partial charge in [-0.3, -0.25) is 9.59 Å². The van der Waals surface area contributed by atoms with Crippen molar-refractivity contribution in [2.45, 2.75) is 131 Å². The zero-order chi connectivity index (χ0) is 29.4. The highest BCUT2D eigenvalue weighted by Crippen LogP contribution is 2.76. The Labute approximate surface area is 249 Å². The van der Waals surface area contributed by atoms with Crippen LogP contribution in [0.25, 0.3) is 0 Å². The molecule has 0 N–H and O–H groups in total. The summed E-state index contributed by atoms with van der Waals surface area (Å²) >= 11 is 0. The second kappa shape index (κ2) is 8.99. The van der Waals surface area contributed by atoms with E-state index in [1.54, 1.807) is 0 Å². The van der Waals surface area contributed by atoms with Crippen molar-refractivity contribution in [1.82, 2.24) is 0 Å². The van der Waals surface area contributed by atoms with Gasteiger partial charge in [0.15, 0.2) is 0 Å². The van der Waals surface area contributed by atoms with Crippen LogP contribution in [0.5, 0.6) is 0 Å². The normalized spacial score (nSPS) is 49.4. The summed E-state index contributed by atoms with van der Waals surface area (Å²) in [5.41, 5.74) is -0.290. The van der Waals surface area contributed by atoms with Gasteiger partial charge in [0.25, 0.3) is 0 Å². The Morgan fingerprint density at radius 2 is 1.12 bits per heavy atom. The summed E-state index contributed by atoms with van der Waals surface area (Å²) in [6.07, 6.45) is 10.7. The third kappa shape index (κ3) is 4.32. The molecule has 10 unspecified atom stereocenters. The van der Waals surface area contributed by atoms with Gasteiger partial charge in [-0.25, -0.2) is 0 Å². The summed E-state index contributed by atoms with van der Waals surface area (Å²) in [6, 6.07) is 0. The number of rotatable bonds is 5. The number of fused-ring (bicyclic) bond motifs is 9. The fourth-order valence-electron chi connectivity index (χ4n) is 13.6. The van der Waals surface area contributed by atoms with Crippen LogP contribution in [0.4, 0.5) is 0 Å². The van der Waals surface area contributed by atoms with E-state index in [4.69, 9.17) is 9.47 Å². The van der Waals surface area contributed by atoms with Gasteiger partial charge in [0.1, 0.15) is 11.2 Å². The molecule has 230 valence electrons. The van der Waals surface area contributed by atoms with Crippen LogP contribution < -0.4 is 0 Å². The summed E-state index contributed by atoms with van der Waals surface area (Å²) in [5.74, 6) is 5.70. The van der Waals surface area contributed by atoms with Crippen molar-refractivity contribution in [1.29, 1.82) is 0 Å². The van der Waals surface area contributed by atoms with E-state index in [2.05, 4.69) is 41.5 Å². The molecule has 41 heavy (non-hydrogen) atoms. The summed E-state index contributed by atoms with van der Waals surface area (Å²) in [6.45, 7) is 20.6. The van der Waals surface area contributed by atoms with Gasteiger partial charge < -0.3 is 9.47 Å². The van der Waals surface area contributed by atoms with Crippen molar-refractivity contribution in [3.8, 4) is 0 Å². The fraction of sp³-hybridized carbons (Fsp3) is 0.946. The summed E-state index contributed by atoms with van der Waals surface area (Å²) in [4.78, 5) is 28.6. The molecular formula is C37H58O4. The van der Waals surface area contributed by atoms with Crippen LogP contribution in [0.15, 0.2) is 0 Å². The van der Waals surface area contributed by atoms with Crippen LogP contribution in [-0.2, 0) is 19.1 Å². The van der Waals surface area contributed by atoms with Crippen molar-refractivity contribution in [2.75, 3.05) is 0 Å². The molecule has 4 nitrogen and oxygen atoms in total. The molecule has 8 aliphatic rings. The van der Waals surface area contributed by atoms with Gasteiger partial charge in [0, 0.05) is 0 Å². The Morgan fingerprint density at radius 1 is 0.659 bits per heavy atom. The van der Waals surface area contributed by atoms with E-state index < -0.39 is 5.60 Å². The van der Waals surface area contributed by atoms with E-state index in [1.165, 1.54) is 32.1 Å². The van der Waals surface area contributed by atoms with Crippen LogP contribution in [0.2, 0.25) is 0 Å². The van der Waals surface area contributed by atoms with Crippen LogP contribution in [0.3, 0.4) is 0 Å². The average molecular weight is 567 g/mol. The van der Waals surface area contributed by atoms with Crippen LogP contribution in [0, 0.1) is 87.8 Å². The molecule has 0 amide bonds. The largest absolute Gasteiger partial charge is 0.460 e. The van der Waals surface area contributed by atoms with Crippen molar-refractivity contribution in [3.63, 3.8) is 0 Å². The Hall–Kier alpha value is -1.06. The number of hydrogen-bond acceptors (Lipinski definition) is 4. The minimum Gasteiger partial charge on any atom is -0.460 e. The van der Waals surface area contributed by atoms with Crippen LogP contribution >= 0.6 is 0 Å². The maximum absolute atomic E-state index is 14.5. The minimum atomic E-state index is -0.550. The number of ether oxygens (including phenoxy) is 2. The standard InChI is InChI=1S/C37H58O4/c1-10-36(8,9)31-25-15-24(30(31)34(2,3)4)26-22-14-23(27(25)26)29(28(22)32(38)40-35(5,6)7)33(39)41-37-16-19-11-20(17-37)13-21(12-19)18-37/h19-31H,10-18H2,1-9H3. The Balaban J connectivity index is 1.22. The molecule has 0 aromatic rings. The molecule has 0 aromatic heterocycles. The molecule has 10 atom stereocenters. The van der Waals surface area contributed by atoms with Crippen molar-refractivity contribution in [2.24, 2.45) is 87.8 Å². The third-order valence-electron chi connectivity index (χ3n) is 14.2. The van der Waals surface area contributed by atoms with Gasteiger partial charge in [0.05, 0.1) is 11.8 Å². The number of carbonyl (C=O) groups excluding carboxylic acids is 2. The summed E-state index contributed by atoms with van der Waals surface area (Å²) in [7, 11) is 0. The predicted octanol–water partition coefficient (Wildman–Crippen LogP) is 8.32. The summed E-state index contributed by atoms with van der Waals surface area (Å²) in [5, 5.41) is 0. The van der Waals surface area contributed by atoms with E-state index in [0.29, 0.717) is 35.5 Å². The van der Waals surface area contributed by atoms with Crippen molar-refractivity contribution in [3.05, 3.63) is 0 Å². The lowest BCUT2D eigenvalue weighted by atomic mass is 9.50. The lowest BCUT2D eigenvalue weighted by molar-refractivity contribution is -0.201. The van der Waals surface area contributed by atoms with E-state index in [0.717, 1.165) is 43.4 Å². The van der Waals surface area contributed by atoms with E-state index in [9.17, 15) is 9.59 Å². The lowest BCUT2D eigenvalue weighted by Crippen LogP contribution is -2.56. The quantitative estimate of drug-likeness (QED) is 0.248. The highest BCUT2D eigenvalue weighted by molar-refractivity contribution is 5.84. The summed E-state index contributed by atoms with van der Waals surface area (Å²) < 4.78 is 12.9. The molecule has 0 aromatic carbocycles. The third-order valence-corrected chi connectivity index (χ3v) is 14.2. The number of esters is 2. The molecule has 0 spiro atoms. The molecule has 8 rings (SSSR count). The van der Waals surface area contributed by atoms with Crippen molar-refractivity contribution >= 4 is 11.9 Å². The molecule has 8 saturated carbocycles. The maximum Gasteiger partial charge on any atom is 0.310 e. The highest BCUT2D eigenvalue weighted by Gasteiger charge is 2.74. The number of carbonyl (C=O) groups is 2. The second-order valence-corrected chi connectivity index (χ2v) is 19.1. The first-order valence-electron chi connectivity index (χ1n) is 17.5. The first kappa shape index (κ1) is 28.7. The Bertz CT molecular complexity index is 1050. The van der Waals surface area contributed by atoms with Gasteiger partial charge in [0.2, 0.25) is 0 Å². The van der Waals surface area contributed by atoms with E-state index in [-0.39, 0.29) is 52.0 Å². The monoisotopic (exact) mass is 566 g/mol. The molecule has 8 fully saturated rings. The Kier molecular flexibility index (Phi) is 6.30. The topological polar surface area (TPSA) is 52.6 Å². The van der Waals surface area contributed by atoms with Gasteiger partial charge >= 0.3 is 11.9 Å². The van der Waals surface area contributed by atoms with Crippen LogP contribution in [-0.4, -0.2) is 23.1 Å². The average Bonchev–Trinajstić information content (AvgIpc) is 3.57. The first-order valence-corrected chi connectivity index (χ1v) is 17.5. The zero-order valence-corrected chi connectivity index (χ0v) is 27.5. The van der Waals surface area contributed by atoms with Gasteiger partial charge in [-0.15, -0.1) is 0 Å². The first-order chi connectivity index (χ1) is 19.0. The zero-order valence-electron chi connectivity index (χ0n) is 27.5.